The first kappa shape index (κ1) is 19.8. The van der Waals surface area contributed by atoms with Crippen LogP contribution in [-0.2, 0) is 9.22 Å². The van der Waals surface area contributed by atoms with Crippen molar-refractivity contribution in [2.24, 2.45) is 11.8 Å². The molecule has 2 fully saturated rings. The number of carbonyl (C=O) groups excluding carboxylic acids is 1. The zero-order valence-corrected chi connectivity index (χ0v) is 16.0. The van der Waals surface area contributed by atoms with Gasteiger partial charge in [0.15, 0.2) is 8.32 Å². The van der Waals surface area contributed by atoms with Crippen molar-refractivity contribution in [1.82, 2.24) is 4.90 Å². The van der Waals surface area contributed by atoms with Crippen LogP contribution in [0.2, 0.25) is 18.1 Å². The maximum atomic E-state index is 13.7. The molecular weight excluding hydrogens is 335 g/mol. The lowest BCUT2D eigenvalue weighted by Crippen LogP contribution is -2.51. The standard InChI is InChI=1S/C17H30F3NO2Si/c1-4-24(5-2,6-3)23-15(17(18,19)20)13-9-11-21(12-10-13)16(22)14-7-8-14/h13-15H,4-12H2,1-3H3. The zero-order chi connectivity index (χ0) is 18.0. The van der Waals surface area contributed by atoms with Crippen molar-refractivity contribution in [2.75, 3.05) is 13.1 Å². The van der Waals surface area contributed by atoms with E-state index < -0.39 is 26.5 Å². The number of likely N-dealkylation sites (tertiary alicyclic amines) is 1. The molecule has 140 valence electrons. The summed E-state index contributed by atoms with van der Waals surface area (Å²) in [5, 5.41) is 0. The summed E-state index contributed by atoms with van der Waals surface area (Å²) in [6.07, 6.45) is -3.34. The Morgan fingerprint density at radius 1 is 1.08 bits per heavy atom. The summed E-state index contributed by atoms with van der Waals surface area (Å²) in [5.74, 6) is -0.251. The second-order valence-corrected chi connectivity index (χ2v) is 12.0. The molecular formula is C17H30F3NO2Si. The Labute approximate surface area is 144 Å². The smallest absolute Gasteiger partial charge is 0.405 e. The minimum atomic E-state index is -4.33. The highest BCUT2D eigenvalue weighted by Gasteiger charge is 2.50. The van der Waals surface area contributed by atoms with Crippen LogP contribution in [0, 0.1) is 11.8 Å². The van der Waals surface area contributed by atoms with Gasteiger partial charge in [0.05, 0.1) is 0 Å². The Kier molecular flexibility index (Phi) is 6.39. The number of nitrogens with zero attached hydrogens (tertiary/aromatic N) is 1. The van der Waals surface area contributed by atoms with E-state index in [9.17, 15) is 18.0 Å². The molecule has 1 saturated heterocycles. The van der Waals surface area contributed by atoms with Gasteiger partial charge in [-0.25, -0.2) is 0 Å². The number of alkyl halides is 3. The van der Waals surface area contributed by atoms with Crippen LogP contribution in [-0.4, -0.2) is 44.5 Å². The van der Waals surface area contributed by atoms with E-state index in [2.05, 4.69) is 0 Å². The van der Waals surface area contributed by atoms with Crippen LogP contribution in [0.15, 0.2) is 0 Å². The summed E-state index contributed by atoms with van der Waals surface area (Å²) in [4.78, 5) is 13.8. The number of hydrogen-bond donors (Lipinski definition) is 0. The Morgan fingerprint density at radius 2 is 1.58 bits per heavy atom. The lowest BCUT2D eigenvalue weighted by Gasteiger charge is -2.41. The topological polar surface area (TPSA) is 29.5 Å². The molecule has 1 heterocycles. The van der Waals surface area contributed by atoms with Crippen molar-refractivity contribution in [1.29, 1.82) is 0 Å². The molecule has 0 bridgehead atoms. The summed E-state index contributed by atoms with van der Waals surface area (Å²) in [6, 6.07) is 2.14. The highest BCUT2D eigenvalue weighted by Crippen LogP contribution is 2.39. The van der Waals surface area contributed by atoms with Gasteiger partial charge in [-0.15, -0.1) is 0 Å². The van der Waals surface area contributed by atoms with Crippen molar-refractivity contribution < 1.29 is 22.4 Å². The Morgan fingerprint density at radius 3 is 1.96 bits per heavy atom. The van der Waals surface area contributed by atoms with Gasteiger partial charge in [-0.1, -0.05) is 20.8 Å². The largest absolute Gasteiger partial charge is 0.413 e. The van der Waals surface area contributed by atoms with Crippen LogP contribution in [0.1, 0.15) is 46.5 Å². The Bertz CT molecular complexity index is 420. The molecule has 2 rings (SSSR count). The highest BCUT2D eigenvalue weighted by atomic mass is 28.4. The van der Waals surface area contributed by atoms with Crippen LogP contribution in [0.4, 0.5) is 13.2 Å². The number of halogens is 3. The number of hydrogen-bond acceptors (Lipinski definition) is 2. The van der Waals surface area contributed by atoms with E-state index >= 15 is 0 Å². The molecule has 2 aliphatic rings. The molecule has 1 aliphatic carbocycles. The third-order valence-electron chi connectivity index (χ3n) is 5.84. The lowest BCUT2D eigenvalue weighted by molar-refractivity contribution is -0.217. The van der Waals surface area contributed by atoms with Crippen molar-refractivity contribution in [3.05, 3.63) is 0 Å². The molecule has 1 atom stereocenters. The maximum Gasteiger partial charge on any atom is 0.413 e. The molecule has 0 aromatic heterocycles. The molecule has 1 aliphatic heterocycles. The van der Waals surface area contributed by atoms with E-state index in [0.29, 0.717) is 44.1 Å². The van der Waals surface area contributed by atoms with Gasteiger partial charge in [-0.05, 0) is 49.7 Å². The molecule has 0 N–H and O–H groups in total. The quantitative estimate of drug-likeness (QED) is 0.618. The first-order valence-electron chi connectivity index (χ1n) is 9.29. The minimum Gasteiger partial charge on any atom is -0.405 e. The summed E-state index contributed by atoms with van der Waals surface area (Å²) in [7, 11) is -2.32. The first-order valence-corrected chi connectivity index (χ1v) is 11.8. The molecule has 1 amide bonds. The van der Waals surface area contributed by atoms with Crippen LogP contribution >= 0.6 is 0 Å². The predicted octanol–water partition coefficient (Wildman–Crippen LogP) is 4.59. The van der Waals surface area contributed by atoms with Gasteiger partial charge in [0.2, 0.25) is 5.91 Å². The van der Waals surface area contributed by atoms with Gasteiger partial charge < -0.3 is 9.33 Å². The van der Waals surface area contributed by atoms with Gasteiger partial charge in [0.25, 0.3) is 0 Å². The fraction of sp³-hybridized carbons (Fsp3) is 0.941. The van der Waals surface area contributed by atoms with Crippen LogP contribution in [0.25, 0.3) is 0 Å². The van der Waals surface area contributed by atoms with Crippen LogP contribution in [0.5, 0.6) is 0 Å². The van der Waals surface area contributed by atoms with E-state index in [-0.39, 0.29) is 11.8 Å². The monoisotopic (exact) mass is 365 g/mol. The molecule has 1 unspecified atom stereocenters. The highest BCUT2D eigenvalue weighted by molar-refractivity contribution is 6.73. The second-order valence-electron chi connectivity index (χ2n) is 7.26. The summed E-state index contributed by atoms with van der Waals surface area (Å²) in [5.41, 5.74) is 0. The van der Waals surface area contributed by atoms with Crippen molar-refractivity contribution in [3.63, 3.8) is 0 Å². The van der Waals surface area contributed by atoms with E-state index in [1.165, 1.54) is 0 Å². The second kappa shape index (κ2) is 7.77. The fourth-order valence-electron chi connectivity index (χ4n) is 3.71. The molecule has 7 heteroatoms. The molecule has 0 aromatic rings. The summed E-state index contributed by atoms with van der Waals surface area (Å²) < 4.78 is 46.8. The lowest BCUT2D eigenvalue weighted by atomic mass is 9.90. The first-order chi connectivity index (χ1) is 11.3. The van der Waals surface area contributed by atoms with Gasteiger partial charge in [0, 0.05) is 19.0 Å². The summed E-state index contributed by atoms with van der Waals surface area (Å²) in [6.45, 7) is 6.72. The molecule has 24 heavy (non-hydrogen) atoms. The van der Waals surface area contributed by atoms with Crippen LogP contribution < -0.4 is 0 Å². The average Bonchev–Trinajstić information content (AvgIpc) is 3.40. The SMILES string of the molecule is CC[Si](CC)(CC)OC(C1CCN(C(=O)C2CC2)CC1)C(F)(F)F. The fourth-order valence-corrected chi connectivity index (χ4v) is 6.58. The van der Waals surface area contributed by atoms with Gasteiger partial charge >= 0.3 is 6.18 Å². The molecule has 0 spiro atoms. The molecule has 0 aromatic carbocycles. The molecule has 0 radical (unpaired) electrons. The number of carbonyl (C=O) groups is 1. The van der Waals surface area contributed by atoms with E-state index in [0.717, 1.165) is 12.8 Å². The van der Waals surface area contributed by atoms with Gasteiger partial charge in [-0.2, -0.15) is 13.2 Å². The molecule has 3 nitrogen and oxygen atoms in total. The number of rotatable bonds is 7. The number of amides is 1. The summed E-state index contributed by atoms with van der Waals surface area (Å²) >= 11 is 0. The normalized spacial score (nSPS) is 21.8. The van der Waals surface area contributed by atoms with Gasteiger partial charge in [0.1, 0.15) is 6.10 Å². The zero-order valence-electron chi connectivity index (χ0n) is 15.0. The van der Waals surface area contributed by atoms with E-state index in [1.807, 2.05) is 20.8 Å². The van der Waals surface area contributed by atoms with Crippen molar-refractivity contribution in [3.8, 4) is 0 Å². The van der Waals surface area contributed by atoms with E-state index in [4.69, 9.17) is 4.43 Å². The number of piperidine rings is 1. The molecule has 1 saturated carbocycles. The third-order valence-corrected chi connectivity index (χ3v) is 10.5. The van der Waals surface area contributed by atoms with Crippen molar-refractivity contribution in [2.45, 2.75) is 76.9 Å². The Balaban J connectivity index is 2.02. The van der Waals surface area contributed by atoms with E-state index in [1.54, 1.807) is 4.90 Å². The van der Waals surface area contributed by atoms with Crippen LogP contribution in [0.3, 0.4) is 0 Å². The maximum absolute atomic E-state index is 13.7. The van der Waals surface area contributed by atoms with Gasteiger partial charge in [-0.3, -0.25) is 4.79 Å². The van der Waals surface area contributed by atoms with Crippen molar-refractivity contribution >= 4 is 14.2 Å². The third kappa shape index (κ3) is 4.53. The average molecular weight is 366 g/mol. The Hall–Kier alpha value is -0.563. The minimum absolute atomic E-state index is 0.136. The predicted molar refractivity (Wildman–Crippen MR) is 90.2 cm³/mol.